The maximum absolute atomic E-state index is 12.8. The van der Waals surface area contributed by atoms with Crippen LogP contribution in [0, 0.1) is 0 Å². The Morgan fingerprint density at radius 3 is 2.59 bits per heavy atom. The van der Waals surface area contributed by atoms with E-state index in [4.69, 9.17) is 10.5 Å². The van der Waals surface area contributed by atoms with E-state index in [9.17, 15) is 9.59 Å². The van der Waals surface area contributed by atoms with E-state index < -0.39 is 0 Å². The Labute approximate surface area is 198 Å². The van der Waals surface area contributed by atoms with Gasteiger partial charge in [0.2, 0.25) is 0 Å². The molecule has 1 aliphatic rings. The van der Waals surface area contributed by atoms with Crippen LogP contribution in [0.25, 0.3) is 0 Å². The summed E-state index contributed by atoms with van der Waals surface area (Å²) in [5.41, 5.74) is 8.58. The van der Waals surface area contributed by atoms with Crippen LogP contribution in [0.15, 0.2) is 54.7 Å². The van der Waals surface area contributed by atoms with E-state index in [-0.39, 0.29) is 18.0 Å². The predicted molar refractivity (Wildman–Crippen MR) is 132 cm³/mol. The minimum atomic E-state index is -0.341. The summed E-state index contributed by atoms with van der Waals surface area (Å²) in [5.74, 6) is 0.783. The van der Waals surface area contributed by atoms with Crippen molar-refractivity contribution in [3.05, 3.63) is 65.9 Å². The van der Waals surface area contributed by atoms with Crippen LogP contribution in [0.3, 0.4) is 0 Å². The summed E-state index contributed by atoms with van der Waals surface area (Å²) in [7, 11) is 1.62. The lowest BCUT2D eigenvalue weighted by molar-refractivity contribution is 0.102. The molecule has 3 aromatic rings. The standard InChI is InChI=1S/C25H30N6O3/c1-34-21-12-10-17(11-13-21)16-31-23(26)22(15-27-31)30-24(32)18-6-5-9-20(14-18)29-25(33)28-19-7-3-2-4-8-19/h5-6,9-15,19H,2-4,7-8,16,26H2,1H3,(H,30,32)(H2,28,29,33). The van der Waals surface area contributed by atoms with Crippen LogP contribution in [0.1, 0.15) is 48.0 Å². The molecule has 0 unspecified atom stereocenters. The summed E-state index contributed by atoms with van der Waals surface area (Å²) in [4.78, 5) is 25.1. The van der Waals surface area contributed by atoms with Crippen molar-refractivity contribution in [2.75, 3.05) is 23.5 Å². The molecule has 0 spiro atoms. The Kier molecular flexibility index (Phi) is 7.31. The van der Waals surface area contributed by atoms with Crippen LogP contribution in [-0.4, -0.2) is 34.9 Å². The third kappa shape index (κ3) is 5.86. The number of ether oxygens (including phenoxy) is 1. The van der Waals surface area contributed by atoms with Crippen LogP contribution in [-0.2, 0) is 6.54 Å². The number of anilines is 3. The molecule has 1 aromatic heterocycles. The molecule has 9 heteroatoms. The van der Waals surface area contributed by atoms with Gasteiger partial charge < -0.3 is 26.4 Å². The zero-order valence-corrected chi connectivity index (χ0v) is 19.2. The second-order valence-electron chi connectivity index (χ2n) is 8.42. The molecule has 0 atom stereocenters. The summed E-state index contributed by atoms with van der Waals surface area (Å²) in [6.07, 6.45) is 7.03. The zero-order chi connectivity index (χ0) is 23.9. The highest BCUT2D eigenvalue weighted by molar-refractivity contribution is 6.06. The van der Waals surface area contributed by atoms with Gasteiger partial charge in [0, 0.05) is 17.3 Å². The van der Waals surface area contributed by atoms with Crippen molar-refractivity contribution in [3.63, 3.8) is 0 Å². The van der Waals surface area contributed by atoms with Gasteiger partial charge in [-0.05, 0) is 48.7 Å². The fourth-order valence-corrected chi connectivity index (χ4v) is 4.05. The number of hydrogen-bond acceptors (Lipinski definition) is 5. The molecule has 34 heavy (non-hydrogen) atoms. The number of hydrogen-bond donors (Lipinski definition) is 4. The highest BCUT2D eigenvalue weighted by Gasteiger charge is 2.17. The first-order chi connectivity index (χ1) is 16.5. The summed E-state index contributed by atoms with van der Waals surface area (Å²) in [6, 6.07) is 14.3. The monoisotopic (exact) mass is 462 g/mol. The SMILES string of the molecule is COc1ccc(Cn2ncc(NC(=O)c3cccc(NC(=O)NC4CCCCC4)c3)c2N)cc1. The lowest BCUT2D eigenvalue weighted by Crippen LogP contribution is -2.39. The van der Waals surface area contributed by atoms with Gasteiger partial charge in [0.25, 0.3) is 5.91 Å². The van der Waals surface area contributed by atoms with Gasteiger partial charge in [0.1, 0.15) is 17.3 Å². The van der Waals surface area contributed by atoms with E-state index in [0.29, 0.717) is 29.3 Å². The number of nitrogens with two attached hydrogens (primary N) is 1. The maximum Gasteiger partial charge on any atom is 0.319 e. The number of nitrogens with zero attached hydrogens (tertiary/aromatic N) is 2. The number of nitrogens with one attached hydrogen (secondary N) is 3. The molecular formula is C25H30N6O3. The van der Waals surface area contributed by atoms with Gasteiger partial charge in [-0.3, -0.25) is 4.79 Å². The first-order valence-corrected chi connectivity index (χ1v) is 11.4. The average Bonchev–Trinajstić information content (AvgIpc) is 3.19. The van der Waals surface area contributed by atoms with E-state index >= 15 is 0 Å². The molecule has 1 fully saturated rings. The molecule has 1 heterocycles. The van der Waals surface area contributed by atoms with Crippen LogP contribution in [0.5, 0.6) is 5.75 Å². The smallest absolute Gasteiger partial charge is 0.319 e. The van der Waals surface area contributed by atoms with Crippen LogP contribution >= 0.6 is 0 Å². The van der Waals surface area contributed by atoms with Gasteiger partial charge in [-0.25, -0.2) is 9.48 Å². The molecule has 2 aromatic carbocycles. The number of rotatable bonds is 7. The van der Waals surface area contributed by atoms with Crippen molar-refractivity contribution in [2.45, 2.75) is 44.7 Å². The molecule has 1 saturated carbocycles. The first kappa shape index (κ1) is 23.2. The van der Waals surface area contributed by atoms with Crippen molar-refractivity contribution in [1.29, 1.82) is 0 Å². The molecule has 0 aliphatic heterocycles. The molecule has 5 N–H and O–H groups in total. The highest BCUT2D eigenvalue weighted by atomic mass is 16.5. The zero-order valence-electron chi connectivity index (χ0n) is 19.2. The number of methoxy groups -OCH3 is 1. The number of nitrogen functional groups attached to an aromatic ring is 1. The second-order valence-corrected chi connectivity index (χ2v) is 8.42. The summed E-state index contributed by atoms with van der Waals surface area (Å²) < 4.78 is 6.79. The molecule has 178 valence electrons. The first-order valence-electron chi connectivity index (χ1n) is 11.4. The Bertz CT molecular complexity index is 1140. The Hall–Kier alpha value is -4.01. The molecular weight excluding hydrogens is 432 g/mol. The van der Waals surface area contributed by atoms with Crippen LogP contribution < -0.4 is 26.4 Å². The predicted octanol–water partition coefficient (Wildman–Crippen LogP) is 4.23. The van der Waals surface area contributed by atoms with Gasteiger partial charge in [-0.15, -0.1) is 0 Å². The fourth-order valence-electron chi connectivity index (χ4n) is 4.05. The number of aromatic nitrogens is 2. The molecule has 1 aliphatic carbocycles. The van der Waals surface area contributed by atoms with Gasteiger partial charge in [0.05, 0.1) is 19.9 Å². The average molecular weight is 463 g/mol. The summed E-state index contributed by atoms with van der Waals surface area (Å²) in [5, 5.41) is 12.9. The van der Waals surface area contributed by atoms with Crippen molar-refractivity contribution in [3.8, 4) is 5.75 Å². The number of amides is 3. The molecule has 3 amide bonds. The molecule has 9 nitrogen and oxygen atoms in total. The van der Waals surface area contributed by atoms with Gasteiger partial charge >= 0.3 is 6.03 Å². The summed E-state index contributed by atoms with van der Waals surface area (Å²) in [6.45, 7) is 0.460. The highest BCUT2D eigenvalue weighted by Crippen LogP contribution is 2.22. The minimum Gasteiger partial charge on any atom is -0.497 e. The lowest BCUT2D eigenvalue weighted by atomic mass is 9.96. The van der Waals surface area contributed by atoms with Gasteiger partial charge in [-0.2, -0.15) is 5.10 Å². The molecule has 4 rings (SSSR count). The fraction of sp³-hybridized carbons (Fsp3) is 0.320. The second kappa shape index (κ2) is 10.7. The van der Waals surface area contributed by atoms with E-state index in [1.54, 1.807) is 36.1 Å². The topological polar surface area (TPSA) is 123 Å². The summed E-state index contributed by atoms with van der Waals surface area (Å²) >= 11 is 0. The Morgan fingerprint density at radius 2 is 1.85 bits per heavy atom. The quantitative estimate of drug-likeness (QED) is 0.418. The van der Waals surface area contributed by atoms with Crippen molar-refractivity contribution >= 4 is 29.1 Å². The number of carbonyl (C=O) groups excluding carboxylic acids is 2. The number of urea groups is 1. The maximum atomic E-state index is 12.8. The van der Waals surface area contributed by atoms with E-state index in [2.05, 4.69) is 21.0 Å². The minimum absolute atomic E-state index is 0.206. The third-order valence-corrected chi connectivity index (χ3v) is 5.94. The molecule has 0 saturated heterocycles. The van der Waals surface area contributed by atoms with E-state index in [0.717, 1.165) is 37.0 Å². The Morgan fingerprint density at radius 1 is 1.09 bits per heavy atom. The largest absolute Gasteiger partial charge is 0.497 e. The van der Waals surface area contributed by atoms with E-state index in [1.807, 2.05) is 24.3 Å². The Balaban J connectivity index is 1.36. The number of benzene rings is 2. The normalized spacial score (nSPS) is 13.8. The van der Waals surface area contributed by atoms with Crippen molar-refractivity contribution < 1.29 is 14.3 Å². The third-order valence-electron chi connectivity index (χ3n) is 5.94. The van der Waals surface area contributed by atoms with E-state index in [1.165, 1.54) is 12.6 Å². The molecule has 0 radical (unpaired) electrons. The van der Waals surface area contributed by atoms with Crippen LogP contribution in [0.4, 0.5) is 22.0 Å². The van der Waals surface area contributed by atoms with Gasteiger partial charge in [0.15, 0.2) is 0 Å². The van der Waals surface area contributed by atoms with Crippen molar-refractivity contribution in [1.82, 2.24) is 15.1 Å². The number of carbonyl (C=O) groups is 2. The van der Waals surface area contributed by atoms with Gasteiger partial charge in [-0.1, -0.05) is 37.5 Å². The van der Waals surface area contributed by atoms with Crippen LogP contribution in [0.2, 0.25) is 0 Å². The molecule has 0 bridgehead atoms. The van der Waals surface area contributed by atoms with Crippen molar-refractivity contribution in [2.24, 2.45) is 0 Å². The lowest BCUT2D eigenvalue weighted by Gasteiger charge is -2.22.